The summed E-state index contributed by atoms with van der Waals surface area (Å²) in [5.41, 5.74) is 2.10. The number of aliphatic hydroxyl groups is 1. The van der Waals surface area contributed by atoms with Gasteiger partial charge < -0.3 is 5.11 Å². The van der Waals surface area contributed by atoms with E-state index in [1.54, 1.807) is 0 Å². The zero-order valence-electron chi connectivity index (χ0n) is 6.97. The van der Waals surface area contributed by atoms with Crippen LogP contribution in [0.25, 0.3) is 0 Å². The number of aliphatic hydroxyl groups excluding tert-OH is 1. The van der Waals surface area contributed by atoms with Crippen molar-refractivity contribution >= 4 is 5.94 Å². The van der Waals surface area contributed by atoms with E-state index in [1.807, 2.05) is 20.8 Å². The number of hydrogen-bond acceptors (Lipinski definition) is 4. The van der Waals surface area contributed by atoms with Crippen LogP contribution in [-0.4, -0.2) is 23.2 Å². The molecule has 0 unspecified atom stereocenters. The first-order valence-electron chi connectivity index (χ1n) is 3.29. The largest absolute Gasteiger partial charge is 0.501 e. The Kier molecular flexibility index (Phi) is 3.82. The number of hydrogen-bond donors (Lipinski definition) is 2. The minimum atomic E-state index is -0.394. The van der Waals surface area contributed by atoms with Crippen molar-refractivity contribution in [1.29, 1.82) is 0 Å². The van der Waals surface area contributed by atoms with E-state index in [9.17, 15) is 4.79 Å². The first-order chi connectivity index (χ1) is 4.95. The van der Waals surface area contributed by atoms with E-state index in [0.29, 0.717) is 0 Å². The fourth-order valence-electron chi connectivity index (χ4n) is 0.357. The molecule has 0 heterocycles. The molecule has 11 heavy (non-hydrogen) atoms. The third-order valence-electron chi connectivity index (χ3n) is 0.736. The van der Waals surface area contributed by atoms with E-state index < -0.39 is 5.76 Å². The molecule has 0 aromatic heterocycles. The molecule has 4 nitrogen and oxygen atoms in total. The van der Waals surface area contributed by atoms with Crippen LogP contribution in [0.4, 0.5) is 0 Å². The summed E-state index contributed by atoms with van der Waals surface area (Å²) < 4.78 is 0. The summed E-state index contributed by atoms with van der Waals surface area (Å²) in [6, 6.07) is 0. The summed E-state index contributed by atoms with van der Waals surface area (Å²) in [7, 11) is 0. The van der Waals surface area contributed by atoms with Crippen molar-refractivity contribution in [2.75, 3.05) is 6.54 Å². The highest BCUT2D eigenvalue weighted by atomic mass is 16.7. The molecule has 0 aliphatic carbocycles. The predicted octanol–water partition coefficient (Wildman–Crippen LogP) is 0.580. The Morgan fingerprint density at radius 3 is 2.55 bits per heavy atom. The third-order valence-corrected chi connectivity index (χ3v) is 0.736. The summed E-state index contributed by atoms with van der Waals surface area (Å²) in [6.07, 6.45) is 0. The van der Waals surface area contributed by atoms with Gasteiger partial charge in [-0.1, -0.05) is 0 Å². The molecule has 0 aliphatic rings. The van der Waals surface area contributed by atoms with E-state index in [4.69, 9.17) is 9.94 Å². The zero-order chi connectivity index (χ0) is 8.91. The van der Waals surface area contributed by atoms with E-state index in [1.165, 1.54) is 5.94 Å². The SMILES string of the molecule is CC(C)(C)ONCC(O)=C=O. The van der Waals surface area contributed by atoms with Crippen LogP contribution in [0, 0.1) is 0 Å². The molecule has 0 aliphatic heterocycles. The van der Waals surface area contributed by atoms with Crippen LogP contribution in [0.15, 0.2) is 5.76 Å². The second kappa shape index (κ2) is 4.13. The number of carbonyl (C=O) groups excluding carboxylic acids is 1. The van der Waals surface area contributed by atoms with Gasteiger partial charge in [0.05, 0.1) is 12.1 Å². The van der Waals surface area contributed by atoms with Gasteiger partial charge in [-0.15, -0.1) is 0 Å². The Morgan fingerprint density at radius 2 is 2.18 bits per heavy atom. The monoisotopic (exact) mass is 159 g/mol. The van der Waals surface area contributed by atoms with Gasteiger partial charge in [-0.05, 0) is 20.8 Å². The third kappa shape index (κ3) is 7.06. The number of hydroxylamine groups is 1. The average molecular weight is 159 g/mol. The molecule has 0 fully saturated rings. The van der Waals surface area contributed by atoms with Crippen molar-refractivity contribution in [3.63, 3.8) is 0 Å². The highest BCUT2D eigenvalue weighted by Crippen LogP contribution is 2.03. The Labute approximate surface area is 65.8 Å². The first kappa shape index (κ1) is 10.2. The van der Waals surface area contributed by atoms with Crippen LogP contribution in [0.1, 0.15) is 20.8 Å². The van der Waals surface area contributed by atoms with Gasteiger partial charge >= 0.3 is 0 Å². The molecule has 4 heteroatoms. The van der Waals surface area contributed by atoms with E-state index in [0.717, 1.165) is 0 Å². The fourth-order valence-corrected chi connectivity index (χ4v) is 0.357. The molecule has 64 valence electrons. The second-order valence-electron chi connectivity index (χ2n) is 3.08. The molecule has 0 amide bonds. The number of rotatable bonds is 3. The highest BCUT2D eigenvalue weighted by Gasteiger charge is 2.09. The van der Waals surface area contributed by atoms with Crippen LogP contribution < -0.4 is 5.48 Å². The molecule has 0 saturated heterocycles. The van der Waals surface area contributed by atoms with Gasteiger partial charge in [0.25, 0.3) is 0 Å². The summed E-state index contributed by atoms with van der Waals surface area (Å²) in [5.74, 6) is 0.937. The van der Waals surface area contributed by atoms with Crippen molar-refractivity contribution < 1.29 is 14.7 Å². The van der Waals surface area contributed by atoms with Crippen LogP contribution >= 0.6 is 0 Å². The maximum absolute atomic E-state index is 9.75. The lowest BCUT2D eigenvalue weighted by Gasteiger charge is -2.18. The van der Waals surface area contributed by atoms with Gasteiger partial charge in [-0.3, -0.25) is 4.84 Å². The maximum Gasteiger partial charge on any atom is 0.193 e. The fraction of sp³-hybridized carbons (Fsp3) is 0.714. The van der Waals surface area contributed by atoms with Crippen LogP contribution in [0.3, 0.4) is 0 Å². The predicted molar refractivity (Wildman–Crippen MR) is 40.7 cm³/mol. The molecule has 0 radical (unpaired) electrons. The molecule has 0 aromatic carbocycles. The summed E-state index contributed by atoms with van der Waals surface area (Å²) in [5, 5.41) is 8.61. The van der Waals surface area contributed by atoms with Crippen LogP contribution in [0.2, 0.25) is 0 Å². The maximum atomic E-state index is 9.75. The zero-order valence-corrected chi connectivity index (χ0v) is 6.97. The lowest BCUT2D eigenvalue weighted by atomic mass is 10.2. The van der Waals surface area contributed by atoms with E-state index in [-0.39, 0.29) is 12.1 Å². The van der Waals surface area contributed by atoms with Gasteiger partial charge in [0.15, 0.2) is 11.7 Å². The van der Waals surface area contributed by atoms with Crippen LogP contribution in [0.5, 0.6) is 0 Å². The van der Waals surface area contributed by atoms with Gasteiger partial charge in [0.2, 0.25) is 0 Å². The molecule has 0 saturated carbocycles. The summed E-state index contributed by atoms with van der Waals surface area (Å²) in [4.78, 5) is 14.7. The van der Waals surface area contributed by atoms with Gasteiger partial charge in [-0.25, -0.2) is 4.79 Å². The molecular formula is C7H13NO3. The van der Waals surface area contributed by atoms with Crippen molar-refractivity contribution in [3.8, 4) is 0 Å². The van der Waals surface area contributed by atoms with Crippen molar-refractivity contribution in [1.82, 2.24) is 5.48 Å². The van der Waals surface area contributed by atoms with Crippen molar-refractivity contribution in [2.45, 2.75) is 26.4 Å². The molecule has 2 N–H and O–H groups in total. The number of nitrogens with one attached hydrogen (secondary N) is 1. The Hall–Kier alpha value is -0.830. The van der Waals surface area contributed by atoms with E-state index in [2.05, 4.69) is 5.48 Å². The summed E-state index contributed by atoms with van der Waals surface area (Å²) >= 11 is 0. The Balaban J connectivity index is 3.51. The molecule has 0 rings (SSSR count). The van der Waals surface area contributed by atoms with Crippen molar-refractivity contribution in [2.24, 2.45) is 0 Å². The van der Waals surface area contributed by atoms with E-state index >= 15 is 0 Å². The standard InChI is InChI=1S/C7H13NO3/c1-7(2,3)11-8-4-6(10)5-9/h8,10H,4H2,1-3H3. The average Bonchev–Trinajstić information content (AvgIpc) is 1.85. The summed E-state index contributed by atoms with van der Waals surface area (Å²) in [6.45, 7) is 5.53. The lowest BCUT2D eigenvalue weighted by molar-refractivity contribution is -0.0711. The van der Waals surface area contributed by atoms with Crippen molar-refractivity contribution in [3.05, 3.63) is 5.76 Å². The Morgan fingerprint density at radius 1 is 1.64 bits per heavy atom. The Bertz CT molecular complexity index is 165. The van der Waals surface area contributed by atoms with Gasteiger partial charge in [0, 0.05) is 0 Å². The van der Waals surface area contributed by atoms with Gasteiger partial charge in [0.1, 0.15) is 0 Å². The molecule has 0 spiro atoms. The molecular weight excluding hydrogens is 146 g/mol. The normalized spacial score (nSPS) is 10.8. The lowest BCUT2D eigenvalue weighted by Crippen LogP contribution is -2.30. The molecule has 0 aromatic rings. The first-order valence-corrected chi connectivity index (χ1v) is 3.29. The topological polar surface area (TPSA) is 58.6 Å². The molecule has 0 atom stereocenters. The second-order valence-corrected chi connectivity index (χ2v) is 3.08. The smallest absolute Gasteiger partial charge is 0.193 e. The minimum absolute atomic E-state index is 0.0131. The van der Waals surface area contributed by atoms with Crippen LogP contribution in [-0.2, 0) is 9.63 Å². The van der Waals surface area contributed by atoms with Gasteiger partial charge in [-0.2, -0.15) is 5.48 Å². The molecule has 0 bridgehead atoms. The minimum Gasteiger partial charge on any atom is -0.501 e. The highest BCUT2D eigenvalue weighted by molar-refractivity contribution is 5.49. The quantitative estimate of drug-likeness (QED) is 0.359.